The average molecular weight is 268 g/mol. The number of anilines is 1. The Hall–Kier alpha value is -2.56. The second-order valence-electron chi connectivity index (χ2n) is 4.93. The SMILES string of the molecule is CN(C)c1cc(-n2c(=O)n(C)c3ccccc32)ccn1. The number of fused-ring (bicyclic) bond motifs is 1. The van der Waals surface area contributed by atoms with Gasteiger partial charge in [0.25, 0.3) is 0 Å². The molecule has 2 heterocycles. The molecule has 0 aliphatic carbocycles. The number of para-hydroxylation sites is 2. The normalized spacial score (nSPS) is 10.9. The van der Waals surface area contributed by atoms with E-state index in [1.165, 1.54) is 0 Å². The molecule has 0 N–H and O–H groups in total. The fourth-order valence-electron chi connectivity index (χ4n) is 2.33. The lowest BCUT2D eigenvalue weighted by Crippen LogP contribution is -2.21. The van der Waals surface area contributed by atoms with Crippen LogP contribution in [0.3, 0.4) is 0 Å². The third-order valence-electron chi connectivity index (χ3n) is 3.41. The summed E-state index contributed by atoms with van der Waals surface area (Å²) in [5.74, 6) is 0.822. The molecule has 3 aromatic rings. The number of rotatable bonds is 2. The number of benzene rings is 1. The third kappa shape index (κ3) is 1.79. The van der Waals surface area contributed by atoms with Gasteiger partial charge in [-0.25, -0.2) is 9.78 Å². The van der Waals surface area contributed by atoms with Crippen LogP contribution in [-0.4, -0.2) is 28.2 Å². The van der Waals surface area contributed by atoms with Crippen molar-refractivity contribution < 1.29 is 0 Å². The van der Waals surface area contributed by atoms with E-state index >= 15 is 0 Å². The summed E-state index contributed by atoms with van der Waals surface area (Å²) >= 11 is 0. The molecule has 0 atom stereocenters. The van der Waals surface area contributed by atoms with Gasteiger partial charge in [0.15, 0.2) is 0 Å². The highest BCUT2D eigenvalue weighted by atomic mass is 16.1. The van der Waals surface area contributed by atoms with E-state index in [-0.39, 0.29) is 5.69 Å². The summed E-state index contributed by atoms with van der Waals surface area (Å²) < 4.78 is 3.37. The van der Waals surface area contributed by atoms with Crippen molar-refractivity contribution in [3.8, 4) is 5.69 Å². The van der Waals surface area contributed by atoms with E-state index in [1.54, 1.807) is 22.4 Å². The lowest BCUT2D eigenvalue weighted by atomic mass is 10.3. The van der Waals surface area contributed by atoms with Crippen molar-refractivity contribution in [1.29, 1.82) is 0 Å². The first-order chi connectivity index (χ1) is 9.59. The maximum absolute atomic E-state index is 12.5. The lowest BCUT2D eigenvalue weighted by molar-refractivity contribution is 0.845. The van der Waals surface area contributed by atoms with Crippen LogP contribution in [0.4, 0.5) is 5.82 Å². The van der Waals surface area contributed by atoms with E-state index in [9.17, 15) is 4.79 Å². The summed E-state index contributed by atoms with van der Waals surface area (Å²) in [6, 6.07) is 11.5. The molecule has 2 aromatic heterocycles. The molecule has 102 valence electrons. The van der Waals surface area contributed by atoms with E-state index in [4.69, 9.17) is 0 Å². The molecule has 1 aromatic carbocycles. The smallest absolute Gasteiger partial charge is 0.333 e. The predicted octanol–water partition coefficient (Wildman–Crippen LogP) is 1.79. The maximum atomic E-state index is 12.5. The van der Waals surface area contributed by atoms with Crippen LogP contribution in [0.2, 0.25) is 0 Å². The number of aromatic nitrogens is 3. The highest BCUT2D eigenvalue weighted by Crippen LogP contribution is 2.18. The van der Waals surface area contributed by atoms with Gasteiger partial charge in [-0.15, -0.1) is 0 Å². The first-order valence-electron chi connectivity index (χ1n) is 6.40. The second-order valence-corrected chi connectivity index (χ2v) is 4.93. The van der Waals surface area contributed by atoms with E-state index in [2.05, 4.69) is 4.98 Å². The molecule has 0 amide bonds. The zero-order valence-corrected chi connectivity index (χ0v) is 11.7. The molecule has 20 heavy (non-hydrogen) atoms. The van der Waals surface area contributed by atoms with Crippen LogP contribution in [0.5, 0.6) is 0 Å². The van der Waals surface area contributed by atoms with Gasteiger partial charge in [0, 0.05) is 33.4 Å². The standard InChI is InChI=1S/C15H16N4O/c1-17(2)14-10-11(8-9-16-14)19-13-7-5-4-6-12(13)18(3)15(19)20/h4-10H,1-3H3. The van der Waals surface area contributed by atoms with Crippen LogP contribution < -0.4 is 10.6 Å². The molecule has 0 saturated carbocycles. The van der Waals surface area contributed by atoms with Gasteiger partial charge in [0.1, 0.15) is 5.82 Å². The van der Waals surface area contributed by atoms with Gasteiger partial charge in [0.2, 0.25) is 0 Å². The zero-order valence-electron chi connectivity index (χ0n) is 11.7. The van der Waals surface area contributed by atoms with Crippen molar-refractivity contribution in [1.82, 2.24) is 14.1 Å². The minimum absolute atomic E-state index is 0.0536. The van der Waals surface area contributed by atoms with Crippen molar-refractivity contribution in [3.63, 3.8) is 0 Å². The lowest BCUT2D eigenvalue weighted by Gasteiger charge is -2.12. The summed E-state index contributed by atoms with van der Waals surface area (Å²) in [6.07, 6.45) is 1.72. The number of hydrogen-bond donors (Lipinski definition) is 0. The fraction of sp³-hybridized carbons (Fsp3) is 0.200. The Bertz CT molecular complexity index is 829. The quantitative estimate of drug-likeness (QED) is 0.711. The number of hydrogen-bond acceptors (Lipinski definition) is 3. The Morgan fingerprint density at radius 1 is 1.10 bits per heavy atom. The molecule has 0 radical (unpaired) electrons. The first kappa shape index (κ1) is 12.5. The summed E-state index contributed by atoms with van der Waals surface area (Å²) in [5, 5.41) is 0. The van der Waals surface area contributed by atoms with Crippen LogP contribution in [0.25, 0.3) is 16.7 Å². The molecule has 0 unspecified atom stereocenters. The second kappa shape index (κ2) is 4.52. The Kier molecular flexibility index (Phi) is 2.82. The summed E-state index contributed by atoms with van der Waals surface area (Å²) in [4.78, 5) is 18.7. The minimum atomic E-state index is -0.0536. The van der Waals surface area contributed by atoms with Crippen LogP contribution >= 0.6 is 0 Å². The molecule has 0 aliphatic heterocycles. The van der Waals surface area contributed by atoms with Gasteiger partial charge in [-0.2, -0.15) is 0 Å². The van der Waals surface area contributed by atoms with E-state index in [1.807, 2.05) is 55.4 Å². The van der Waals surface area contributed by atoms with Gasteiger partial charge in [0.05, 0.1) is 16.7 Å². The van der Waals surface area contributed by atoms with Crippen molar-refractivity contribution in [3.05, 3.63) is 53.1 Å². The third-order valence-corrected chi connectivity index (χ3v) is 3.41. The van der Waals surface area contributed by atoms with E-state index in [0.717, 1.165) is 22.5 Å². The highest BCUT2D eigenvalue weighted by Gasteiger charge is 2.12. The van der Waals surface area contributed by atoms with Crippen LogP contribution in [0.1, 0.15) is 0 Å². The van der Waals surface area contributed by atoms with E-state index < -0.39 is 0 Å². The Balaban J connectivity index is 2.33. The van der Waals surface area contributed by atoms with Crippen LogP contribution in [-0.2, 0) is 7.05 Å². The van der Waals surface area contributed by atoms with Crippen LogP contribution in [0, 0.1) is 0 Å². The molecular weight excluding hydrogens is 252 g/mol. The molecule has 5 nitrogen and oxygen atoms in total. The highest BCUT2D eigenvalue weighted by molar-refractivity contribution is 5.78. The molecule has 5 heteroatoms. The predicted molar refractivity (Wildman–Crippen MR) is 80.6 cm³/mol. The minimum Gasteiger partial charge on any atom is -0.363 e. The van der Waals surface area contributed by atoms with Gasteiger partial charge >= 0.3 is 5.69 Å². The molecule has 0 bridgehead atoms. The topological polar surface area (TPSA) is 43.1 Å². The molecule has 0 aliphatic rings. The fourth-order valence-corrected chi connectivity index (χ4v) is 2.33. The number of aryl methyl sites for hydroxylation is 1. The summed E-state index contributed by atoms with van der Waals surface area (Å²) in [6.45, 7) is 0. The molecule has 0 saturated heterocycles. The Morgan fingerprint density at radius 2 is 1.80 bits per heavy atom. The molecular formula is C15H16N4O. The van der Waals surface area contributed by atoms with Gasteiger partial charge < -0.3 is 4.90 Å². The molecule has 0 spiro atoms. The van der Waals surface area contributed by atoms with Crippen molar-refractivity contribution in [2.45, 2.75) is 0 Å². The average Bonchev–Trinajstić information content (AvgIpc) is 2.72. The number of imidazole rings is 1. The maximum Gasteiger partial charge on any atom is 0.333 e. The molecule has 3 rings (SSSR count). The number of nitrogens with zero attached hydrogens (tertiary/aromatic N) is 4. The summed E-state index contributed by atoms with van der Waals surface area (Å²) in [5.41, 5.74) is 2.59. The van der Waals surface area contributed by atoms with Crippen molar-refractivity contribution in [2.75, 3.05) is 19.0 Å². The van der Waals surface area contributed by atoms with Crippen molar-refractivity contribution in [2.24, 2.45) is 7.05 Å². The summed E-state index contributed by atoms with van der Waals surface area (Å²) in [7, 11) is 5.64. The van der Waals surface area contributed by atoms with Gasteiger partial charge in [-0.05, 0) is 18.2 Å². The van der Waals surface area contributed by atoms with Gasteiger partial charge in [-0.1, -0.05) is 12.1 Å². The van der Waals surface area contributed by atoms with Gasteiger partial charge in [-0.3, -0.25) is 9.13 Å². The monoisotopic (exact) mass is 268 g/mol. The largest absolute Gasteiger partial charge is 0.363 e. The number of pyridine rings is 1. The Labute approximate surface area is 116 Å². The van der Waals surface area contributed by atoms with Crippen LogP contribution in [0.15, 0.2) is 47.4 Å². The van der Waals surface area contributed by atoms with E-state index in [0.29, 0.717) is 0 Å². The molecule has 0 fully saturated rings. The first-order valence-corrected chi connectivity index (χ1v) is 6.40. The van der Waals surface area contributed by atoms with Crippen molar-refractivity contribution >= 4 is 16.9 Å². The Morgan fingerprint density at radius 3 is 2.50 bits per heavy atom. The zero-order chi connectivity index (χ0) is 14.3.